The number of likely N-dealkylation sites (tertiary alicyclic amines) is 1. The molecule has 29 heavy (non-hydrogen) atoms. The number of fused-ring (bicyclic) bond motifs is 1. The van der Waals surface area contributed by atoms with E-state index < -0.39 is 16.1 Å². The Bertz CT molecular complexity index is 905. The summed E-state index contributed by atoms with van der Waals surface area (Å²) in [5, 5.41) is 0. The number of hydrogen-bond acceptors (Lipinski definition) is 5. The third-order valence-electron chi connectivity index (χ3n) is 5.94. The first-order chi connectivity index (χ1) is 13.9. The maximum Gasteiger partial charge on any atom is 0.246 e. The van der Waals surface area contributed by atoms with E-state index in [9.17, 15) is 18.0 Å². The van der Waals surface area contributed by atoms with E-state index in [-0.39, 0.29) is 16.7 Å². The molecule has 2 fully saturated rings. The lowest BCUT2D eigenvalue weighted by Crippen LogP contribution is -2.50. The highest BCUT2D eigenvalue weighted by molar-refractivity contribution is 7.89. The minimum Gasteiger partial charge on any atom is -0.379 e. The number of piperidine rings is 1. The summed E-state index contributed by atoms with van der Waals surface area (Å²) >= 11 is 0. The highest BCUT2D eigenvalue weighted by Gasteiger charge is 2.40. The lowest BCUT2D eigenvalue weighted by molar-refractivity contribution is -0.135. The second-order valence-electron chi connectivity index (χ2n) is 7.80. The van der Waals surface area contributed by atoms with Gasteiger partial charge < -0.3 is 9.64 Å². The van der Waals surface area contributed by atoms with Gasteiger partial charge in [-0.2, -0.15) is 4.31 Å². The molecular weight excluding hydrogens is 394 g/mol. The third kappa shape index (κ3) is 3.78. The van der Waals surface area contributed by atoms with Crippen molar-refractivity contribution >= 4 is 27.5 Å². The number of hydrogen-bond donors (Lipinski definition) is 0. The Balaban J connectivity index is 1.62. The van der Waals surface area contributed by atoms with Gasteiger partial charge in [-0.15, -0.1) is 0 Å². The molecule has 0 spiro atoms. The van der Waals surface area contributed by atoms with Crippen LogP contribution in [-0.2, 0) is 30.8 Å². The summed E-state index contributed by atoms with van der Waals surface area (Å²) in [5.74, 6) is -0.253. The average Bonchev–Trinajstić information content (AvgIpc) is 3.13. The van der Waals surface area contributed by atoms with Gasteiger partial charge in [-0.1, -0.05) is 0 Å². The number of rotatable bonds is 3. The minimum absolute atomic E-state index is 0.0475. The largest absolute Gasteiger partial charge is 0.379 e. The number of morpholine rings is 1. The Morgan fingerprint density at radius 1 is 1.03 bits per heavy atom. The van der Waals surface area contributed by atoms with Crippen LogP contribution < -0.4 is 4.90 Å². The number of carbonyl (C=O) groups excluding carboxylic acids is 2. The quantitative estimate of drug-likeness (QED) is 0.727. The van der Waals surface area contributed by atoms with Crippen LogP contribution in [0.15, 0.2) is 23.1 Å². The molecule has 9 heteroatoms. The van der Waals surface area contributed by atoms with Gasteiger partial charge in [-0.05, 0) is 43.0 Å². The summed E-state index contributed by atoms with van der Waals surface area (Å²) < 4.78 is 32.6. The van der Waals surface area contributed by atoms with Crippen LogP contribution in [0, 0.1) is 0 Å². The maximum atomic E-state index is 13.1. The van der Waals surface area contributed by atoms with Crippen molar-refractivity contribution in [3.8, 4) is 0 Å². The molecule has 0 saturated carbocycles. The van der Waals surface area contributed by atoms with Gasteiger partial charge in [-0.25, -0.2) is 8.42 Å². The smallest absolute Gasteiger partial charge is 0.246 e. The first-order valence-electron chi connectivity index (χ1n) is 10.2. The van der Waals surface area contributed by atoms with E-state index in [1.165, 1.54) is 22.2 Å². The number of benzene rings is 1. The third-order valence-corrected chi connectivity index (χ3v) is 7.83. The molecule has 4 rings (SSSR count). The zero-order chi connectivity index (χ0) is 20.6. The van der Waals surface area contributed by atoms with Gasteiger partial charge in [0.1, 0.15) is 6.04 Å². The molecule has 3 aliphatic heterocycles. The van der Waals surface area contributed by atoms with E-state index in [4.69, 9.17) is 4.74 Å². The zero-order valence-corrected chi connectivity index (χ0v) is 17.5. The first kappa shape index (κ1) is 20.3. The molecule has 8 nitrogen and oxygen atoms in total. The Morgan fingerprint density at radius 3 is 2.38 bits per heavy atom. The number of anilines is 1. The van der Waals surface area contributed by atoms with Crippen molar-refractivity contribution in [2.75, 3.05) is 44.3 Å². The predicted octanol–water partition coefficient (Wildman–Crippen LogP) is 0.998. The molecule has 0 bridgehead atoms. The number of nitrogens with zero attached hydrogens (tertiary/aromatic N) is 3. The predicted molar refractivity (Wildman–Crippen MR) is 107 cm³/mol. The summed E-state index contributed by atoms with van der Waals surface area (Å²) in [6, 6.07) is 4.22. The van der Waals surface area contributed by atoms with Crippen molar-refractivity contribution < 1.29 is 22.7 Å². The topological polar surface area (TPSA) is 87.2 Å². The number of carbonyl (C=O) groups is 2. The fourth-order valence-electron chi connectivity index (χ4n) is 4.44. The fraction of sp³-hybridized carbons (Fsp3) is 0.600. The number of amides is 2. The number of ether oxygens (including phenoxy) is 1. The van der Waals surface area contributed by atoms with Crippen LogP contribution in [0.25, 0.3) is 0 Å². The second kappa shape index (κ2) is 8.04. The molecule has 1 aromatic rings. The van der Waals surface area contributed by atoms with Crippen molar-refractivity contribution in [3.05, 3.63) is 23.8 Å². The first-order valence-corrected chi connectivity index (χ1v) is 11.6. The highest BCUT2D eigenvalue weighted by Crippen LogP contribution is 2.35. The van der Waals surface area contributed by atoms with Gasteiger partial charge in [0.25, 0.3) is 0 Å². The molecule has 1 atom stereocenters. The van der Waals surface area contributed by atoms with E-state index in [1.54, 1.807) is 12.1 Å². The lowest BCUT2D eigenvalue weighted by Gasteiger charge is -2.32. The van der Waals surface area contributed by atoms with Crippen LogP contribution in [0.4, 0.5) is 5.69 Å². The van der Waals surface area contributed by atoms with Crippen LogP contribution in [0.5, 0.6) is 0 Å². The van der Waals surface area contributed by atoms with Gasteiger partial charge in [0.2, 0.25) is 21.8 Å². The molecule has 3 aliphatic rings. The zero-order valence-electron chi connectivity index (χ0n) is 16.7. The molecule has 2 amide bonds. The SMILES string of the molecule is CC(=O)N1c2ccc(S(=O)(=O)N3CCOCC3)cc2C[C@H]1C(=O)N1CCCCC1. The van der Waals surface area contributed by atoms with Crippen molar-refractivity contribution in [3.63, 3.8) is 0 Å². The van der Waals surface area contributed by atoms with E-state index in [0.717, 1.165) is 24.8 Å². The normalized spacial score (nSPS) is 23.1. The van der Waals surface area contributed by atoms with E-state index in [0.29, 0.717) is 51.5 Å². The lowest BCUT2D eigenvalue weighted by atomic mass is 10.1. The minimum atomic E-state index is -3.62. The molecule has 0 aliphatic carbocycles. The van der Waals surface area contributed by atoms with Crippen LogP contribution >= 0.6 is 0 Å². The summed E-state index contributed by atoms with van der Waals surface area (Å²) in [4.78, 5) is 29.0. The van der Waals surface area contributed by atoms with Crippen LogP contribution in [0.3, 0.4) is 0 Å². The van der Waals surface area contributed by atoms with Gasteiger partial charge in [0.05, 0.1) is 18.1 Å². The van der Waals surface area contributed by atoms with E-state index >= 15 is 0 Å². The van der Waals surface area contributed by atoms with Gasteiger partial charge in [-0.3, -0.25) is 14.5 Å². The second-order valence-corrected chi connectivity index (χ2v) is 9.74. The number of sulfonamides is 1. The fourth-order valence-corrected chi connectivity index (χ4v) is 5.90. The molecule has 1 aromatic carbocycles. The summed E-state index contributed by atoms with van der Waals surface area (Å²) in [6.07, 6.45) is 3.42. The van der Waals surface area contributed by atoms with E-state index in [1.807, 2.05) is 4.90 Å². The Hall–Kier alpha value is -1.97. The highest BCUT2D eigenvalue weighted by atomic mass is 32.2. The summed E-state index contributed by atoms with van der Waals surface area (Å²) in [7, 11) is -3.62. The van der Waals surface area contributed by atoms with Crippen molar-refractivity contribution in [2.24, 2.45) is 0 Å². The maximum absolute atomic E-state index is 13.1. The van der Waals surface area contributed by atoms with Gasteiger partial charge in [0, 0.05) is 45.2 Å². The molecule has 0 N–H and O–H groups in total. The van der Waals surface area contributed by atoms with Gasteiger partial charge >= 0.3 is 0 Å². The van der Waals surface area contributed by atoms with Crippen molar-refractivity contribution in [1.29, 1.82) is 0 Å². The Kier molecular flexibility index (Phi) is 5.63. The Morgan fingerprint density at radius 2 is 1.72 bits per heavy atom. The summed E-state index contributed by atoms with van der Waals surface area (Å²) in [5.41, 5.74) is 1.36. The standard InChI is InChI=1S/C20H27N3O5S/c1-15(24)23-18-6-5-17(29(26,27)22-9-11-28-12-10-22)13-16(18)14-19(23)20(25)21-7-3-2-4-8-21/h5-6,13,19H,2-4,7-12,14H2,1H3/t19-/m0/s1. The molecule has 0 radical (unpaired) electrons. The van der Waals surface area contributed by atoms with Crippen LogP contribution in [0.2, 0.25) is 0 Å². The van der Waals surface area contributed by atoms with Gasteiger partial charge in [0.15, 0.2) is 0 Å². The molecule has 158 valence electrons. The molecular formula is C20H27N3O5S. The molecule has 3 heterocycles. The van der Waals surface area contributed by atoms with Crippen LogP contribution in [0.1, 0.15) is 31.7 Å². The van der Waals surface area contributed by atoms with Crippen molar-refractivity contribution in [2.45, 2.75) is 43.5 Å². The molecule has 2 saturated heterocycles. The Labute approximate surface area is 171 Å². The van der Waals surface area contributed by atoms with Crippen LogP contribution in [-0.4, -0.2) is 74.9 Å². The molecule has 0 aromatic heterocycles. The average molecular weight is 422 g/mol. The van der Waals surface area contributed by atoms with E-state index in [2.05, 4.69) is 0 Å². The van der Waals surface area contributed by atoms with Crippen molar-refractivity contribution in [1.82, 2.24) is 9.21 Å². The monoisotopic (exact) mass is 421 g/mol. The summed E-state index contributed by atoms with van der Waals surface area (Å²) in [6.45, 7) is 4.31. The molecule has 0 unspecified atom stereocenters.